The van der Waals surface area contributed by atoms with Gasteiger partial charge < -0.3 is 5.73 Å². The number of rotatable bonds is 7. The number of benzene rings is 1. The molecule has 0 aliphatic heterocycles. The summed E-state index contributed by atoms with van der Waals surface area (Å²) in [6, 6.07) is 6.24. The van der Waals surface area contributed by atoms with Gasteiger partial charge in [0.2, 0.25) is 5.91 Å². The Balaban J connectivity index is 2.77. The predicted octanol–water partition coefficient (Wildman–Crippen LogP) is 1.78. The fraction of sp³-hybridized carbons (Fsp3) is 0.429. The Hall–Kier alpha value is -1.93. The molecule has 0 aliphatic rings. The minimum absolute atomic E-state index is 0.111. The lowest BCUT2D eigenvalue weighted by atomic mass is 10.1. The molecule has 0 aromatic heterocycles. The molecule has 1 amide bonds. The number of nitriles is 1. The maximum absolute atomic E-state index is 13.8. The summed E-state index contributed by atoms with van der Waals surface area (Å²) in [5.41, 5.74) is 5.94. The quantitative estimate of drug-likeness (QED) is 0.815. The molecule has 0 atom stereocenters. The van der Waals surface area contributed by atoms with Crippen molar-refractivity contribution in [2.75, 3.05) is 13.1 Å². The molecule has 4 nitrogen and oxygen atoms in total. The van der Waals surface area contributed by atoms with Crippen LogP contribution in [0.4, 0.5) is 4.39 Å². The van der Waals surface area contributed by atoms with Crippen LogP contribution in [0, 0.1) is 17.1 Å². The van der Waals surface area contributed by atoms with Crippen molar-refractivity contribution in [1.82, 2.24) is 4.90 Å². The second-order valence-corrected chi connectivity index (χ2v) is 4.45. The van der Waals surface area contributed by atoms with E-state index in [2.05, 4.69) is 0 Å². The zero-order valence-electron chi connectivity index (χ0n) is 11.0. The van der Waals surface area contributed by atoms with Gasteiger partial charge in [0.05, 0.1) is 18.2 Å². The van der Waals surface area contributed by atoms with Gasteiger partial charge in [0, 0.05) is 12.1 Å². The summed E-state index contributed by atoms with van der Waals surface area (Å²) < 4.78 is 13.8. The number of carbonyl (C=O) groups is 1. The van der Waals surface area contributed by atoms with Crippen LogP contribution in [0.2, 0.25) is 0 Å². The maximum Gasteiger partial charge on any atom is 0.231 e. The third kappa shape index (κ3) is 5.06. The zero-order valence-corrected chi connectivity index (χ0v) is 11.0. The largest absolute Gasteiger partial charge is 0.369 e. The van der Waals surface area contributed by atoms with Crippen LogP contribution in [0.3, 0.4) is 0 Å². The molecule has 1 aromatic rings. The van der Waals surface area contributed by atoms with Crippen molar-refractivity contribution in [2.24, 2.45) is 5.73 Å². The van der Waals surface area contributed by atoms with Gasteiger partial charge in [-0.1, -0.05) is 19.4 Å². The first-order valence-corrected chi connectivity index (χ1v) is 6.26. The number of nitrogens with zero attached hydrogens (tertiary/aromatic N) is 2. The van der Waals surface area contributed by atoms with Crippen molar-refractivity contribution in [3.63, 3.8) is 0 Å². The number of amides is 1. The molecule has 0 radical (unpaired) electrons. The van der Waals surface area contributed by atoms with Gasteiger partial charge in [-0.2, -0.15) is 5.26 Å². The smallest absolute Gasteiger partial charge is 0.231 e. The summed E-state index contributed by atoms with van der Waals surface area (Å²) in [6.07, 6.45) is 1.91. The summed E-state index contributed by atoms with van der Waals surface area (Å²) in [7, 11) is 0. The highest BCUT2D eigenvalue weighted by Crippen LogP contribution is 2.13. The van der Waals surface area contributed by atoms with E-state index in [1.807, 2.05) is 17.9 Å². The number of hydrogen-bond donors (Lipinski definition) is 1. The second kappa shape index (κ2) is 7.49. The Labute approximate surface area is 112 Å². The summed E-state index contributed by atoms with van der Waals surface area (Å²) in [5, 5.41) is 8.68. The molecule has 0 unspecified atom stereocenters. The van der Waals surface area contributed by atoms with E-state index >= 15 is 0 Å². The van der Waals surface area contributed by atoms with E-state index in [1.54, 1.807) is 12.1 Å². The van der Waals surface area contributed by atoms with E-state index in [0.29, 0.717) is 18.7 Å². The van der Waals surface area contributed by atoms with Crippen LogP contribution in [-0.2, 0) is 11.3 Å². The standard InChI is InChI=1S/C14H18FN3O/c1-2-3-6-18(10-14(17)19)9-12-5-4-11(8-16)7-13(12)15/h4-5,7H,2-3,6,9-10H2,1H3,(H2,17,19). The molecule has 0 bridgehead atoms. The molecule has 0 fully saturated rings. The van der Waals surface area contributed by atoms with Crippen molar-refractivity contribution in [3.05, 3.63) is 35.1 Å². The molecule has 102 valence electrons. The number of carbonyl (C=O) groups excluding carboxylic acids is 1. The number of nitrogens with two attached hydrogens (primary N) is 1. The van der Waals surface area contributed by atoms with Gasteiger partial charge in [-0.15, -0.1) is 0 Å². The van der Waals surface area contributed by atoms with Crippen molar-refractivity contribution in [3.8, 4) is 6.07 Å². The number of halogens is 1. The second-order valence-electron chi connectivity index (χ2n) is 4.45. The highest BCUT2D eigenvalue weighted by atomic mass is 19.1. The lowest BCUT2D eigenvalue weighted by molar-refractivity contribution is -0.119. The SMILES string of the molecule is CCCCN(CC(N)=O)Cc1ccc(C#N)cc1F. The lowest BCUT2D eigenvalue weighted by Gasteiger charge is -2.20. The van der Waals surface area contributed by atoms with Crippen molar-refractivity contribution in [2.45, 2.75) is 26.3 Å². The Bertz CT molecular complexity index is 482. The van der Waals surface area contributed by atoms with Crippen LogP contribution >= 0.6 is 0 Å². The Morgan fingerprint density at radius 3 is 2.79 bits per heavy atom. The highest BCUT2D eigenvalue weighted by molar-refractivity contribution is 5.75. The van der Waals surface area contributed by atoms with E-state index < -0.39 is 11.7 Å². The van der Waals surface area contributed by atoms with Crippen LogP contribution in [0.15, 0.2) is 18.2 Å². The van der Waals surface area contributed by atoms with Crippen LogP contribution in [0.1, 0.15) is 30.9 Å². The summed E-state index contributed by atoms with van der Waals surface area (Å²) >= 11 is 0. The fourth-order valence-electron chi connectivity index (χ4n) is 1.80. The molecule has 0 heterocycles. The highest BCUT2D eigenvalue weighted by Gasteiger charge is 2.12. The van der Waals surface area contributed by atoms with E-state index in [9.17, 15) is 9.18 Å². The Kier molecular flexibility index (Phi) is 5.97. The van der Waals surface area contributed by atoms with E-state index in [0.717, 1.165) is 12.8 Å². The molecule has 2 N–H and O–H groups in total. The first kappa shape index (κ1) is 15.1. The normalized spacial score (nSPS) is 10.4. The molecule has 1 aromatic carbocycles. The third-order valence-corrected chi connectivity index (χ3v) is 2.78. The molecule has 0 saturated heterocycles. The average Bonchev–Trinajstić information content (AvgIpc) is 2.37. The van der Waals surface area contributed by atoms with Crippen LogP contribution in [-0.4, -0.2) is 23.9 Å². The van der Waals surface area contributed by atoms with Gasteiger partial charge in [0.1, 0.15) is 5.82 Å². The first-order chi connectivity index (χ1) is 9.06. The van der Waals surface area contributed by atoms with Crippen molar-refractivity contribution >= 4 is 5.91 Å². The summed E-state index contributed by atoms with van der Waals surface area (Å²) in [4.78, 5) is 12.8. The lowest BCUT2D eigenvalue weighted by Crippen LogP contribution is -2.34. The van der Waals surface area contributed by atoms with Gasteiger partial charge in [-0.05, 0) is 25.1 Å². The van der Waals surface area contributed by atoms with E-state index in [1.165, 1.54) is 6.07 Å². The molecular weight excluding hydrogens is 245 g/mol. The van der Waals surface area contributed by atoms with Crippen LogP contribution < -0.4 is 5.73 Å². The molecule has 19 heavy (non-hydrogen) atoms. The van der Waals surface area contributed by atoms with Gasteiger partial charge in [-0.3, -0.25) is 9.69 Å². The van der Waals surface area contributed by atoms with Gasteiger partial charge in [0.25, 0.3) is 0 Å². The topological polar surface area (TPSA) is 70.1 Å². The zero-order chi connectivity index (χ0) is 14.3. The van der Waals surface area contributed by atoms with Crippen molar-refractivity contribution < 1.29 is 9.18 Å². The Morgan fingerprint density at radius 1 is 1.53 bits per heavy atom. The minimum Gasteiger partial charge on any atom is -0.369 e. The number of hydrogen-bond acceptors (Lipinski definition) is 3. The van der Waals surface area contributed by atoms with Crippen LogP contribution in [0.25, 0.3) is 0 Å². The van der Waals surface area contributed by atoms with E-state index in [4.69, 9.17) is 11.0 Å². The Morgan fingerprint density at radius 2 is 2.26 bits per heavy atom. The van der Waals surface area contributed by atoms with Crippen LogP contribution in [0.5, 0.6) is 0 Å². The molecule has 0 saturated carbocycles. The maximum atomic E-state index is 13.8. The molecule has 5 heteroatoms. The van der Waals surface area contributed by atoms with Gasteiger partial charge in [0.15, 0.2) is 0 Å². The summed E-state index contributed by atoms with van der Waals surface area (Å²) in [5.74, 6) is -0.852. The molecular formula is C14H18FN3O. The van der Waals surface area contributed by atoms with Gasteiger partial charge in [-0.25, -0.2) is 4.39 Å². The first-order valence-electron chi connectivity index (χ1n) is 6.26. The predicted molar refractivity (Wildman–Crippen MR) is 70.5 cm³/mol. The molecule has 0 spiro atoms. The minimum atomic E-state index is -0.426. The van der Waals surface area contributed by atoms with Gasteiger partial charge >= 0.3 is 0 Å². The van der Waals surface area contributed by atoms with E-state index in [-0.39, 0.29) is 12.1 Å². The number of unbranched alkanes of at least 4 members (excludes halogenated alkanes) is 1. The monoisotopic (exact) mass is 263 g/mol. The number of primary amides is 1. The fourth-order valence-corrected chi connectivity index (χ4v) is 1.80. The van der Waals surface area contributed by atoms with Crippen molar-refractivity contribution in [1.29, 1.82) is 5.26 Å². The third-order valence-electron chi connectivity index (χ3n) is 2.78. The molecule has 0 aliphatic carbocycles. The average molecular weight is 263 g/mol. The molecule has 1 rings (SSSR count). The summed E-state index contributed by atoms with van der Waals surface area (Å²) in [6.45, 7) is 3.17.